The predicted octanol–water partition coefficient (Wildman–Crippen LogP) is 5.22. The van der Waals surface area contributed by atoms with Crippen LogP contribution in [0.3, 0.4) is 0 Å². The van der Waals surface area contributed by atoms with Gasteiger partial charge in [0.2, 0.25) is 5.78 Å². The lowest BCUT2D eigenvalue weighted by molar-refractivity contribution is 1.06. The molecular formula is C21H19ClN4. The molecule has 2 heterocycles. The number of fused-ring (bicyclic) bond motifs is 1. The smallest absolute Gasteiger partial charge is 0.235 e. The minimum absolute atomic E-state index is 0.680. The van der Waals surface area contributed by atoms with Crippen molar-refractivity contribution < 1.29 is 0 Å². The summed E-state index contributed by atoms with van der Waals surface area (Å²) in [5.41, 5.74) is 4.44. The molecule has 26 heavy (non-hydrogen) atoms. The molecule has 0 saturated heterocycles. The molecule has 0 atom stereocenters. The van der Waals surface area contributed by atoms with Crippen LogP contribution in [-0.4, -0.2) is 14.4 Å². The molecule has 0 spiro atoms. The lowest BCUT2D eigenvalue weighted by Gasteiger charge is -2.09. The second-order valence-corrected chi connectivity index (χ2v) is 6.57. The minimum atomic E-state index is 0.680. The van der Waals surface area contributed by atoms with Crippen LogP contribution in [0.1, 0.15) is 18.1 Å². The first-order valence-corrected chi connectivity index (χ1v) is 9.03. The van der Waals surface area contributed by atoms with Gasteiger partial charge in [0.05, 0.1) is 0 Å². The summed E-state index contributed by atoms with van der Waals surface area (Å²) in [6.07, 6.45) is 4.76. The molecule has 0 radical (unpaired) electrons. The molecule has 0 amide bonds. The predicted molar refractivity (Wildman–Crippen MR) is 107 cm³/mol. The van der Waals surface area contributed by atoms with Gasteiger partial charge >= 0.3 is 0 Å². The van der Waals surface area contributed by atoms with Gasteiger partial charge in [-0.3, -0.25) is 4.40 Å². The largest absolute Gasteiger partial charge is 0.365 e. The van der Waals surface area contributed by atoms with E-state index in [1.807, 2.05) is 40.9 Å². The molecule has 0 aliphatic heterocycles. The van der Waals surface area contributed by atoms with Crippen molar-refractivity contribution >= 4 is 23.2 Å². The second kappa shape index (κ2) is 7.18. The zero-order chi connectivity index (χ0) is 17.9. The Balaban J connectivity index is 1.72. The number of aryl methyl sites for hydroxylation is 1. The van der Waals surface area contributed by atoms with Gasteiger partial charge in [0, 0.05) is 29.5 Å². The number of nitrogens with zero attached hydrogens (tertiary/aromatic N) is 3. The van der Waals surface area contributed by atoms with Crippen LogP contribution in [0.2, 0.25) is 5.02 Å². The van der Waals surface area contributed by atoms with Gasteiger partial charge < -0.3 is 5.32 Å². The normalized spacial score (nSPS) is 11.0. The quantitative estimate of drug-likeness (QED) is 0.529. The summed E-state index contributed by atoms with van der Waals surface area (Å²) < 4.78 is 1.99. The van der Waals surface area contributed by atoms with Crippen LogP contribution >= 0.6 is 11.6 Å². The number of benzene rings is 2. The molecule has 4 rings (SSSR count). The number of halogens is 1. The highest BCUT2D eigenvalue weighted by molar-refractivity contribution is 6.30. The molecule has 4 nitrogen and oxygen atoms in total. The van der Waals surface area contributed by atoms with Crippen molar-refractivity contribution in [1.29, 1.82) is 0 Å². The van der Waals surface area contributed by atoms with Gasteiger partial charge in [0.25, 0.3) is 0 Å². The number of hydrogen-bond acceptors (Lipinski definition) is 3. The average Bonchev–Trinajstić information content (AvgIpc) is 3.06. The minimum Gasteiger partial charge on any atom is -0.365 e. The third-order valence-corrected chi connectivity index (χ3v) is 4.66. The third kappa shape index (κ3) is 3.28. The maximum atomic E-state index is 5.98. The van der Waals surface area contributed by atoms with Crippen LogP contribution in [0.4, 0.5) is 5.82 Å². The molecule has 0 unspecified atom stereocenters. The standard InChI is InChI=1S/C21H19ClN4/c1-2-15-4-8-17(9-5-15)19-20(26-13-3-12-23-21(26)25-19)24-14-16-6-10-18(22)11-7-16/h3-13,24H,2,14H2,1H3. The van der Waals surface area contributed by atoms with Crippen LogP contribution in [-0.2, 0) is 13.0 Å². The molecular weight excluding hydrogens is 344 g/mol. The topological polar surface area (TPSA) is 42.2 Å². The average molecular weight is 363 g/mol. The molecule has 1 N–H and O–H groups in total. The SMILES string of the molecule is CCc1ccc(-c2nc3ncccn3c2NCc2ccc(Cl)cc2)cc1. The van der Waals surface area contributed by atoms with E-state index in [-0.39, 0.29) is 0 Å². The molecule has 2 aromatic carbocycles. The summed E-state index contributed by atoms with van der Waals surface area (Å²) >= 11 is 5.98. The number of hydrogen-bond donors (Lipinski definition) is 1. The van der Waals surface area contributed by atoms with E-state index in [1.54, 1.807) is 6.20 Å². The Morgan fingerprint density at radius 2 is 1.73 bits per heavy atom. The Labute approximate surface area is 157 Å². The maximum absolute atomic E-state index is 5.98. The monoisotopic (exact) mass is 362 g/mol. The molecule has 0 aliphatic carbocycles. The van der Waals surface area contributed by atoms with Crippen LogP contribution < -0.4 is 5.32 Å². The first-order valence-electron chi connectivity index (χ1n) is 8.65. The molecule has 130 valence electrons. The summed E-state index contributed by atoms with van der Waals surface area (Å²) in [5, 5.41) is 4.26. The van der Waals surface area contributed by atoms with E-state index < -0.39 is 0 Å². The van der Waals surface area contributed by atoms with Crippen LogP contribution in [0, 0.1) is 0 Å². The van der Waals surface area contributed by atoms with Crippen molar-refractivity contribution in [1.82, 2.24) is 14.4 Å². The first kappa shape index (κ1) is 16.6. The highest BCUT2D eigenvalue weighted by atomic mass is 35.5. The molecule has 2 aromatic heterocycles. The van der Waals surface area contributed by atoms with Crippen molar-refractivity contribution in [3.05, 3.63) is 83.1 Å². The van der Waals surface area contributed by atoms with E-state index in [1.165, 1.54) is 5.56 Å². The summed E-state index contributed by atoms with van der Waals surface area (Å²) in [4.78, 5) is 9.12. The highest BCUT2D eigenvalue weighted by Gasteiger charge is 2.14. The summed E-state index contributed by atoms with van der Waals surface area (Å²) in [5.74, 6) is 1.62. The van der Waals surface area contributed by atoms with Crippen LogP contribution in [0.15, 0.2) is 67.0 Å². The van der Waals surface area contributed by atoms with Gasteiger partial charge in [-0.1, -0.05) is 54.9 Å². The lowest BCUT2D eigenvalue weighted by Crippen LogP contribution is -2.03. The molecule has 0 aliphatic rings. The van der Waals surface area contributed by atoms with E-state index in [2.05, 4.69) is 41.5 Å². The molecule has 4 aromatic rings. The maximum Gasteiger partial charge on any atom is 0.235 e. The van der Waals surface area contributed by atoms with Gasteiger partial charge in [0.15, 0.2) is 0 Å². The Morgan fingerprint density at radius 3 is 2.46 bits per heavy atom. The Bertz CT molecular complexity index is 1020. The van der Waals surface area contributed by atoms with Crippen molar-refractivity contribution in [2.75, 3.05) is 5.32 Å². The Kier molecular flexibility index (Phi) is 4.59. The number of imidazole rings is 1. The van der Waals surface area contributed by atoms with Crippen molar-refractivity contribution in [2.24, 2.45) is 0 Å². The summed E-state index contributed by atoms with van der Waals surface area (Å²) in [7, 11) is 0. The van der Waals surface area contributed by atoms with Gasteiger partial charge in [-0.2, -0.15) is 0 Å². The Hall–Kier alpha value is -2.85. The van der Waals surface area contributed by atoms with E-state index in [4.69, 9.17) is 16.6 Å². The van der Waals surface area contributed by atoms with Gasteiger partial charge in [-0.05, 0) is 35.7 Å². The second-order valence-electron chi connectivity index (χ2n) is 6.13. The van der Waals surface area contributed by atoms with Gasteiger partial charge in [-0.25, -0.2) is 9.97 Å². The van der Waals surface area contributed by atoms with Crippen molar-refractivity contribution in [2.45, 2.75) is 19.9 Å². The van der Waals surface area contributed by atoms with E-state index >= 15 is 0 Å². The molecule has 0 fully saturated rings. The van der Waals surface area contributed by atoms with Crippen molar-refractivity contribution in [3.8, 4) is 11.3 Å². The van der Waals surface area contributed by atoms with E-state index in [0.29, 0.717) is 12.3 Å². The van der Waals surface area contributed by atoms with Crippen LogP contribution in [0.25, 0.3) is 17.0 Å². The number of nitrogens with one attached hydrogen (secondary N) is 1. The van der Waals surface area contributed by atoms with Gasteiger partial charge in [0.1, 0.15) is 11.5 Å². The molecule has 5 heteroatoms. The van der Waals surface area contributed by atoms with E-state index in [0.717, 1.165) is 34.1 Å². The Morgan fingerprint density at radius 1 is 1.00 bits per heavy atom. The fraction of sp³-hybridized carbons (Fsp3) is 0.143. The summed E-state index contributed by atoms with van der Waals surface area (Å²) in [6, 6.07) is 18.3. The first-order chi connectivity index (χ1) is 12.7. The fourth-order valence-corrected chi connectivity index (χ4v) is 3.07. The number of rotatable bonds is 5. The fourth-order valence-electron chi connectivity index (χ4n) is 2.94. The zero-order valence-electron chi connectivity index (χ0n) is 14.5. The third-order valence-electron chi connectivity index (χ3n) is 4.41. The molecule has 0 bridgehead atoms. The summed E-state index contributed by atoms with van der Waals surface area (Å²) in [6.45, 7) is 2.84. The lowest BCUT2D eigenvalue weighted by atomic mass is 10.1. The highest BCUT2D eigenvalue weighted by Crippen LogP contribution is 2.29. The van der Waals surface area contributed by atoms with Gasteiger partial charge in [-0.15, -0.1) is 0 Å². The molecule has 0 saturated carbocycles. The van der Waals surface area contributed by atoms with Crippen LogP contribution in [0.5, 0.6) is 0 Å². The van der Waals surface area contributed by atoms with E-state index in [9.17, 15) is 0 Å². The number of anilines is 1. The number of aromatic nitrogens is 3. The zero-order valence-corrected chi connectivity index (χ0v) is 15.2. The van der Waals surface area contributed by atoms with Crippen molar-refractivity contribution in [3.63, 3.8) is 0 Å².